The van der Waals surface area contributed by atoms with Gasteiger partial charge in [0.25, 0.3) is 5.91 Å². The van der Waals surface area contributed by atoms with Crippen LogP contribution in [-0.4, -0.2) is 19.1 Å². The van der Waals surface area contributed by atoms with E-state index in [4.69, 9.17) is 9.15 Å². The van der Waals surface area contributed by atoms with Gasteiger partial charge < -0.3 is 14.5 Å². The lowest BCUT2D eigenvalue weighted by atomic mass is 9.97. The van der Waals surface area contributed by atoms with E-state index in [1.54, 1.807) is 0 Å². The summed E-state index contributed by atoms with van der Waals surface area (Å²) < 4.78 is 11.5. The summed E-state index contributed by atoms with van der Waals surface area (Å²) in [5, 5.41) is 3.97. The molecule has 0 saturated carbocycles. The fourth-order valence-corrected chi connectivity index (χ4v) is 3.23. The first-order valence-corrected chi connectivity index (χ1v) is 8.19. The fourth-order valence-electron chi connectivity index (χ4n) is 3.23. The van der Waals surface area contributed by atoms with Crippen LogP contribution in [0.5, 0.6) is 5.75 Å². The summed E-state index contributed by atoms with van der Waals surface area (Å²) in [6, 6.07) is 15.8. The molecule has 0 saturated heterocycles. The van der Waals surface area contributed by atoms with Crippen molar-refractivity contribution in [3.8, 4) is 5.75 Å². The number of benzene rings is 2. The van der Waals surface area contributed by atoms with Crippen LogP contribution in [0, 0.1) is 12.8 Å². The largest absolute Gasteiger partial charge is 0.493 e. The Kier molecular flexibility index (Phi) is 3.73. The van der Waals surface area contributed by atoms with E-state index in [1.807, 2.05) is 49.4 Å². The Hall–Kier alpha value is -2.75. The average molecular weight is 321 g/mol. The van der Waals surface area contributed by atoms with Gasteiger partial charge in [-0.25, -0.2) is 0 Å². The first-order chi connectivity index (χ1) is 11.7. The van der Waals surface area contributed by atoms with Crippen LogP contribution < -0.4 is 10.1 Å². The molecule has 1 atom stereocenters. The number of hydrogen-bond acceptors (Lipinski definition) is 3. The Labute approximate surface area is 140 Å². The Balaban J connectivity index is 1.44. The van der Waals surface area contributed by atoms with E-state index < -0.39 is 0 Å². The summed E-state index contributed by atoms with van der Waals surface area (Å²) in [5.74, 6) is 1.46. The normalized spacial score (nSPS) is 16.5. The van der Waals surface area contributed by atoms with Gasteiger partial charge in [0.1, 0.15) is 11.3 Å². The average Bonchev–Trinajstić information content (AvgIpc) is 2.97. The van der Waals surface area contributed by atoms with Gasteiger partial charge in [-0.1, -0.05) is 36.4 Å². The first kappa shape index (κ1) is 14.8. The smallest absolute Gasteiger partial charge is 0.287 e. The molecular formula is C20H19NO3. The standard InChI is InChI=1S/C20H19NO3/c1-13-16-7-3-5-9-18(16)24-19(13)20(22)21-11-14-10-15-6-2-4-8-17(15)23-12-14/h2-9,14H,10-12H2,1H3,(H,21,22). The zero-order valence-corrected chi connectivity index (χ0v) is 13.5. The van der Waals surface area contributed by atoms with E-state index >= 15 is 0 Å². The molecule has 24 heavy (non-hydrogen) atoms. The zero-order valence-electron chi connectivity index (χ0n) is 13.5. The maximum Gasteiger partial charge on any atom is 0.287 e. The van der Waals surface area contributed by atoms with Gasteiger partial charge in [-0.2, -0.15) is 0 Å². The zero-order chi connectivity index (χ0) is 16.5. The second kappa shape index (κ2) is 6.04. The lowest BCUT2D eigenvalue weighted by Crippen LogP contribution is -2.34. The van der Waals surface area contributed by atoms with Crippen molar-refractivity contribution in [3.63, 3.8) is 0 Å². The highest BCUT2D eigenvalue weighted by molar-refractivity contribution is 5.98. The van der Waals surface area contributed by atoms with Gasteiger partial charge in [-0.3, -0.25) is 4.79 Å². The molecule has 0 fully saturated rings. The number of ether oxygens (including phenoxy) is 1. The van der Waals surface area contributed by atoms with Crippen molar-refractivity contribution in [2.24, 2.45) is 5.92 Å². The molecule has 0 radical (unpaired) electrons. The molecule has 1 aliphatic heterocycles. The fraction of sp³-hybridized carbons (Fsp3) is 0.250. The lowest BCUT2D eigenvalue weighted by molar-refractivity contribution is 0.0912. The van der Waals surface area contributed by atoms with Crippen LogP contribution in [0.3, 0.4) is 0 Å². The highest BCUT2D eigenvalue weighted by Crippen LogP contribution is 2.27. The van der Waals surface area contributed by atoms with Crippen LogP contribution in [0.15, 0.2) is 52.9 Å². The monoisotopic (exact) mass is 321 g/mol. The number of carbonyl (C=O) groups excluding carboxylic acids is 1. The molecule has 4 heteroatoms. The number of amides is 1. The number of fused-ring (bicyclic) bond motifs is 2. The van der Waals surface area contributed by atoms with Gasteiger partial charge >= 0.3 is 0 Å². The maximum absolute atomic E-state index is 12.5. The van der Waals surface area contributed by atoms with E-state index in [9.17, 15) is 4.79 Å². The summed E-state index contributed by atoms with van der Waals surface area (Å²) in [6.45, 7) is 3.11. The number of para-hydroxylation sites is 2. The van der Waals surface area contributed by atoms with Crippen molar-refractivity contribution in [3.05, 3.63) is 65.4 Å². The molecule has 1 N–H and O–H groups in total. The highest BCUT2D eigenvalue weighted by atomic mass is 16.5. The Morgan fingerprint density at radius 2 is 1.96 bits per heavy atom. The number of rotatable bonds is 3. The van der Waals surface area contributed by atoms with Crippen LogP contribution in [-0.2, 0) is 6.42 Å². The minimum absolute atomic E-state index is 0.164. The van der Waals surface area contributed by atoms with Gasteiger partial charge in [0, 0.05) is 23.4 Å². The number of hydrogen-bond donors (Lipinski definition) is 1. The topological polar surface area (TPSA) is 51.5 Å². The van der Waals surface area contributed by atoms with Crippen molar-refractivity contribution in [2.45, 2.75) is 13.3 Å². The van der Waals surface area contributed by atoms with Gasteiger partial charge in [0.05, 0.1) is 6.61 Å². The molecule has 0 spiro atoms. The number of nitrogens with one attached hydrogen (secondary N) is 1. The highest BCUT2D eigenvalue weighted by Gasteiger charge is 2.22. The summed E-state index contributed by atoms with van der Waals surface area (Å²) in [4.78, 5) is 12.5. The van der Waals surface area contributed by atoms with E-state index in [-0.39, 0.29) is 11.8 Å². The number of carbonyl (C=O) groups is 1. The molecule has 122 valence electrons. The van der Waals surface area contributed by atoms with Crippen molar-refractivity contribution in [2.75, 3.05) is 13.2 Å². The summed E-state index contributed by atoms with van der Waals surface area (Å²) in [5.41, 5.74) is 2.83. The second-order valence-corrected chi connectivity index (χ2v) is 6.25. The Morgan fingerprint density at radius 3 is 2.83 bits per heavy atom. The van der Waals surface area contributed by atoms with Crippen molar-refractivity contribution < 1.29 is 13.9 Å². The summed E-state index contributed by atoms with van der Waals surface area (Å²) in [7, 11) is 0. The van der Waals surface area contributed by atoms with E-state index in [0.717, 1.165) is 28.7 Å². The molecule has 0 bridgehead atoms. The molecule has 4 nitrogen and oxygen atoms in total. The predicted octanol–water partition coefficient (Wildman–Crippen LogP) is 3.72. The van der Waals surface area contributed by atoms with Gasteiger partial charge in [0.2, 0.25) is 0 Å². The van der Waals surface area contributed by atoms with Crippen LogP contribution in [0.2, 0.25) is 0 Å². The van der Waals surface area contributed by atoms with Gasteiger partial charge in [-0.15, -0.1) is 0 Å². The molecule has 1 unspecified atom stereocenters. The lowest BCUT2D eigenvalue weighted by Gasteiger charge is -2.25. The molecular weight excluding hydrogens is 302 g/mol. The van der Waals surface area contributed by atoms with Crippen LogP contribution in [0.4, 0.5) is 0 Å². The third-order valence-electron chi connectivity index (χ3n) is 4.56. The minimum Gasteiger partial charge on any atom is -0.493 e. The third-order valence-corrected chi connectivity index (χ3v) is 4.56. The molecule has 2 aromatic carbocycles. The maximum atomic E-state index is 12.5. The molecule has 3 aromatic rings. The third kappa shape index (κ3) is 2.64. The van der Waals surface area contributed by atoms with E-state index in [1.165, 1.54) is 5.56 Å². The van der Waals surface area contributed by atoms with Gasteiger partial charge in [0.15, 0.2) is 5.76 Å². The van der Waals surface area contributed by atoms with Crippen LogP contribution >= 0.6 is 0 Å². The SMILES string of the molecule is Cc1c(C(=O)NCC2COc3ccccc3C2)oc2ccccc12. The molecule has 0 aliphatic carbocycles. The molecule has 2 heterocycles. The molecule has 1 aliphatic rings. The van der Waals surface area contributed by atoms with Crippen molar-refractivity contribution in [1.82, 2.24) is 5.32 Å². The molecule has 1 aromatic heterocycles. The Morgan fingerprint density at radius 1 is 1.17 bits per heavy atom. The Bertz CT molecular complexity index is 897. The molecule has 1 amide bonds. The first-order valence-electron chi connectivity index (χ1n) is 8.19. The number of aryl methyl sites for hydroxylation is 1. The van der Waals surface area contributed by atoms with Crippen LogP contribution in [0.1, 0.15) is 21.7 Å². The van der Waals surface area contributed by atoms with E-state index in [0.29, 0.717) is 18.9 Å². The number of furan rings is 1. The minimum atomic E-state index is -0.164. The van der Waals surface area contributed by atoms with Gasteiger partial charge in [-0.05, 0) is 31.0 Å². The molecule has 4 rings (SSSR count). The summed E-state index contributed by atoms with van der Waals surface area (Å²) >= 11 is 0. The van der Waals surface area contributed by atoms with E-state index in [2.05, 4.69) is 11.4 Å². The predicted molar refractivity (Wildman–Crippen MR) is 92.4 cm³/mol. The quantitative estimate of drug-likeness (QED) is 0.800. The second-order valence-electron chi connectivity index (χ2n) is 6.25. The van der Waals surface area contributed by atoms with Crippen LogP contribution in [0.25, 0.3) is 11.0 Å². The summed E-state index contributed by atoms with van der Waals surface area (Å²) in [6.07, 6.45) is 0.912. The van der Waals surface area contributed by atoms with Crippen molar-refractivity contribution in [1.29, 1.82) is 0 Å². The van der Waals surface area contributed by atoms with Crippen molar-refractivity contribution >= 4 is 16.9 Å².